The molecule has 0 saturated carbocycles. The standard InChI is InChI=1S/C14H24N2O3/c1-4-6-12(5-2)15-14(19)16-8-10(3)7-11(9-16)13(17)18/h4,10-12H,1,5-9H2,2-3H3,(H,15,19)(H,17,18). The zero-order valence-corrected chi connectivity index (χ0v) is 11.8. The molecule has 0 radical (unpaired) electrons. The predicted octanol–water partition coefficient (Wildman–Crippen LogP) is 2.09. The van der Waals surface area contributed by atoms with Crippen molar-refractivity contribution in [3.05, 3.63) is 12.7 Å². The van der Waals surface area contributed by atoms with Gasteiger partial charge in [-0.1, -0.05) is 19.9 Å². The van der Waals surface area contributed by atoms with E-state index in [0.29, 0.717) is 19.5 Å². The van der Waals surface area contributed by atoms with E-state index in [4.69, 9.17) is 5.11 Å². The molecule has 1 rings (SSSR count). The lowest BCUT2D eigenvalue weighted by Crippen LogP contribution is -2.51. The number of carbonyl (C=O) groups is 2. The van der Waals surface area contributed by atoms with Crippen molar-refractivity contribution in [3.63, 3.8) is 0 Å². The van der Waals surface area contributed by atoms with Gasteiger partial charge in [-0.3, -0.25) is 4.79 Å². The highest BCUT2D eigenvalue weighted by Crippen LogP contribution is 2.21. The van der Waals surface area contributed by atoms with Crippen molar-refractivity contribution in [1.82, 2.24) is 10.2 Å². The lowest BCUT2D eigenvalue weighted by atomic mass is 9.91. The zero-order valence-electron chi connectivity index (χ0n) is 11.8. The Morgan fingerprint density at radius 3 is 2.74 bits per heavy atom. The van der Waals surface area contributed by atoms with Crippen molar-refractivity contribution >= 4 is 12.0 Å². The van der Waals surface area contributed by atoms with E-state index < -0.39 is 11.9 Å². The van der Waals surface area contributed by atoms with E-state index in [-0.39, 0.29) is 18.0 Å². The minimum absolute atomic E-state index is 0.0745. The topological polar surface area (TPSA) is 69.6 Å². The monoisotopic (exact) mass is 268 g/mol. The van der Waals surface area contributed by atoms with E-state index in [1.165, 1.54) is 0 Å². The van der Waals surface area contributed by atoms with Crippen LogP contribution in [0, 0.1) is 11.8 Å². The van der Waals surface area contributed by atoms with Gasteiger partial charge < -0.3 is 15.3 Å². The lowest BCUT2D eigenvalue weighted by molar-refractivity contribution is -0.143. The van der Waals surface area contributed by atoms with Crippen molar-refractivity contribution in [2.75, 3.05) is 13.1 Å². The maximum absolute atomic E-state index is 12.1. The Morgan fingerprint density at radius 2 is 2.21 bits per heavy atom. The maximum Gasteiger partial charge on any atom is 0.317 e. The summed E-state index contributed by atoms with van der Waals surface area (Å²) in [6.45, 7) is 8.59. The Bertz CT molecular complexity index is 344. The van der Waals surface area contributed by atoms with Crippen LogP contribution in [0.15, 0.2) is 12.7 Å². The molecule has 0 bridgehead atoms. The van der Waals surface area contributed by atoms with E-state index in [1.54, 1.807) is 11.0 Å². The summed E-state index contributed by atoms with van der Waals surface area (Å²) in [4.78, 5) is 24.8. The maximum atomic E-state index is 12.1. The first-order chi connectivity index (χ1) is 8.97. The Balaban J connectivity index is 2.59. The summed E-state index contributed by atoms with van der Waals surface area (Å²) in [6.07, 6.45) is 3.99. The molecule has 0 spiro atoms. The molecule has 1 aliphatic heterocycles. The Hall–Kier alpha value is -1.52. The molecule has 19 heavy (non-hydrogen) atoms. The third-order valence-electron chi connectivity index (χ3n) is 3.57. The molecule has 108 valence electrons. The van der Waals surface area contributed by atoms with Gasteiger partial charge in [-0.05, 0) is 25.2 Å². The van der Waals surface area contributed by atoms with E-state index in [9.17, 15) is 9.59 Å². The number of rotatable bonds is 5. The van der Waals surface area contributed by atoms with Crippen LogP contribution in [-0.4, -0.2) is 41.1 Å². The number of nitrogens with zero attached hydrogens (tertiary/aromatic N) is 1. The van der Waals surface area contributed by atoms with Crippen molar-refractivity contribution in [1.29, 1.82) is 0 Å². The number of carboxylic acids is 1. The smallest absolute Gasteiger partial charge is 0.317 e. The van der Waals surface area contributed by atoms with Gasteiger partial charge in [0.15, 0.2) is 0 Å². The number of aliphatic carboxylic acids is 1. The number of likely N-dealkylation sites (tertiary alicyclic amines) is 1. The van der Waals surface area contributed by atoms with Crippen LogP contribution in [0.1, 0.15) is 33.1 Å². The minimum Gasteiger partial charge on any atom is -0.481 e. The molecule has 1 aliphatic rings. The summed E-state index contributed by atoms with van der Waals surface area (Å²) < 4.78 is 0. The molecular weight excluding hydrogens is 244 g/mol. The van der Waals surface area contributed by atoms with Gasteiger partial charge in [0.2, 0.25) is 0 Å². The molecule has 0 aromatic rings. The van der Waals surface area contributed by atoms with Gasteiger partial charge in [0, 0.05) is 19.1 Å². The SMILES string of the molecule is C=CCC(CC)NC(=O)N1CC(C)CC(C(=O)O)C1. The average molecular weight is 268 g/mol. The Morgan fingerprint density at radius 1 is 1.53 bits per heavy atom. The summed E-state index contributed by atoms with van der Waals surface area (Å²) in [5, 5.41) is 12.0. The van der Waals surface area contributed by atoms with Crippen LogP contribution in [0.3, 0.4) is 0 Å². The van der Waals surface area contributed by atoms with Crippen molar-refractivity contribution in [2.45, 2.75) is 39.2 Å². The summed E-state index contributed by atoms with van der Waals surface area (Å²) >= 11 is 0. The van der Waals surface area contributed by atoms with Crippen molar-refractivity contribution in [2.24, 2.45) is 11.8 Å². The first kappa shape index (κ1) is 15.5. The Labute approximate surface area is 114 Å². The van der Waals surface area contributed by atoms with Crippen LogP contribution in [-0.2, 0) is 4.79 Å². The van der Waals surface area contributed by atoms with Gasteiger partial charge in [-0.25, -0.2) is 4.79 Å². The van der Waals surface area contributed by atoms with Gasteiger partial charge >= 0.3 is 12.0 Å². The number of piperidine rings is 1. The van der Waals surface area contributed by atoms with Crippen LogP contribution >= 0.6 is 0 Å². The summed E-state index contributed by atoms with van der Waals surface area (Å²) in [6, 6.07) is -0.0861. The molecule has 0 aromatic carbocycles. The van der Waals surface area contributed by atoms with Gasteiger partial charge in [-0.15, -0.1) is 6.58 Å². The first-order valence-electron chi connectivity index (χ1n) is 6.87. The van der Waals surface area contributed by atoms with Crippen molar-refractivity contribution < 1.29 is 14.7 Å². The largest absolute Gasteiger partial charge is 0.481 e. The fraction of sp³-hybridized carbons (Fsp3) is 0.714. The molecular formula is C14H24N2O3. The quantitative estimate of drug-likeness (QED) is 0.750. The van der Waals surface area contributed by atoms with E-state index in [2.05, 4.69) is 11.9 Å². The molecule has 5 heteroatoms. The summed E-state index contributed by atoms with van der Waals surface area (Å²) in [5.74, 6) is -1.04. The third kappa shape index (κ3) is 4.58. The Kier molecular flexibility index (Phi) is 5.86. The second-order valence-corrected chi connectivity index (χ2v) is 5.36. The predicted molar refractivity (Wildman–Crippen MR) is 73.9 cm³/mol. The van der Waals surface area contributed by atoms with Crippen LogP contribution in [0.5, 0.6) is 0 Å². The van der Waals surface area contributed by atoms with Gasteiger partial charge in [0.25, 0.3) is 0 Å². The third-order valence-corrected chi connectivity index (χ3v) is 3.57. The van der Waals surface area contributed by atoms with E-state index >= 15 is 0 Å². The van der Waals surface area contributed by atoms with Gasteiger partial charge in [0.1, 0.15) is 0 Å². The summed E-state index contributed by atoms with van der Waals surface area (Å²) in [5.41, 5.74) is 0. The molecule has 1 fully saturated rings. The van der Waals surface area contributed by atoms with Crippen LogP contribution < -0.4 is 5.32 Å². The second-order valence-electron chi connectivity index (χ2n) is 5.36. The molecule has 0 aliphatic carbocycles. The van der Waals surface area contributed by atoms with Gasteiger partial charge in [0.05, 0.1) is 5.92 Å². The number of carbonyl (C=O) groups excluding carboxylic acids is 1. The van der Waals surface area contributed by atoms with E-state index in [1.807, 2.05) is 13.8 Å². The van der Waals surface area contributed by atoms with Crippen LogP contribution in [0.4, 0.5) is 4.79 Å². The average Bonchev–Trinajstić information content (AvgIpc) is 2.37. The van der Waals surface area contributed by atoms with Crippen LogP contribution in [0.2, 0.25) is 0 Å². The molecule has 3 atom stereocenters. The highest BCUT2D eigenvalue weighted by molar-refractivity contribution is 5.76. The highest BCUT2D eigenvalue weighted by atomic mass is 16.4. The number of amides is 2. The van der Waals surface area contributed by atoms with Crippen LogP contribution in [0.25, 0.3) is 0 Å². The lowest BCUT2D eigenvalue weighted by Gasteiger charge is -2.35. The number of hydrogen-bond donors (Lipinski definition) is 2. The summed E-state index contributed by atoms with van der Waals surface area (Å²) in [7, 11) is 0. The normalized spacial score (nSPS) is 24.6. The van der Waals surface area contributed by atoms with E-state index in [0.717, 1.165) is 12.8 Å². The molecule has 5 nitrogen and oxygen atoms in total. The fourth-order valence-electron chi connectivity index (χ4n) is 2.49. The highest BCUT2D eigenvalue weighted by Gasteiger charge is 2.32. The number of hydrogen-bond acceptors (Lipinski definition) is 2. The second kappa shape index (κ2) is 7.16. The first-order valence-corrected chi connectivity index (χ1v) is 6.87. The molecule has 0 aromatic heterocycles. The number of nitrogens with one attached hydrogen (secondary N) is 1. The minimum atomic E-state index is -0.817. The molecule has 2 N–H and O–H groups in total. The fourth-order valence-corrected chi connectivity index (χ4v) is 2.49. The number of carboxylic acid groups (broad SMARTS) is 1. The molecule has 1 heterocycles. The van der Waals surface area contributed by atoms with Crippen molar-refractivity contribution in [3.8, 4) is 0 Å². The number of urea groups is 1. The molecule has 1 saturated heterocycles. The molecule has 2 amide bonds. The zero-order chi connectivity index (χ0) is 14.4. The van der Waals surface area contributed by atoms with Gasteiger partial charge in [-0.2, -0.15) is 0 Å². The molecule has 3 unspecified atom stereocenters.